The first-order valence-corrected chi connectivity index (χ1v) is 12.6. The molecule has 1 saturated heterocycles. The van der Waals surface area contributed by atoms with Crippen molar-refractivity contribution in [1.29, 1.82) is 0 Å². The lowest BCUT2D eigenvalue weighted by atomic mass is 10.1. The highest BCUT2D eigenvalue weighted by atomic mass is 32.2. The van der Waals surface area contributed by atoms with Crippen LogP contribution in [0.4, 0.5) is 0 Å². The largest absolute Gasteiger partial charge is 0.359 e. The van der Waals surface area contributed by atoms with Gasteiger partial charge in [-0.05, 0) is 64.4 Å². The summed E-state index contributed by atoms with van der Waals surface area (Å²) < 4.78 is 35.5. The minimum Gasteiger partial charge on any atom is -0.359 e. The van der Waals surface area contributed by atoms with E-state index in [2.05, 4.69) is 26.8 Å². The standard InChI is InChI=1S/C23H29N5O4S/c1-5-27-12-6-7-19(27)14-24-33(30,31)21-13-18(9-8-15(21)2)20-10-11-22(29)28(25-20)23-16(3)26-32-17(23)4/h8-11,13,19,24H,5-7,12,14H2,1-4H3/t19-/m0/s1. The van der Waals surface area contributed by atoms with Crippen LogP contribution in [0.5, 0.6) is 0 Å². The molecule has 4 rings (SSSR count). The number of hydrogen-bond acceptors (Lipinski definition) is 7. The van der Waals surface area contributed by atoms with Gasteiger partial charge in [-0.25, -0.2) is 13.1 Å². The lowest BCUT2D eigenvalue weighted by Crippen LogP contribution is -2.40. The molecule has 0 radical (unpaired) electrons. The fraction of sp³-hybridized carbons (Fsp3) is 0.435. The molecule has 33 heavy (non-hydrogen) atoms. The predicted molar refractivity (Wildman–Crippen MR) is 125 cm³/mol. The summed E-state index contributed by atoms with van der Waals surface area (Å²) in [6.45, 7) is 9.60. The van der Waals surface area contributed by atoms with Gasteiger partial charge in [-0.1, -0.05) is 24.2 Å². The van der Waals surface area contributed by atoms with E-state index < -0.39 is 10.0 Å². The summed E-state index contributed by atoms with van der Waals surface area (Å²) in [6.07, 6.45) is 2.07. The van der Waals surface area contributed by atoms with Crippen molar-refractivity contribution in [2.24, 2.45) is 0 Å². The van der Waals surface area contributed by atoms with E-state index in [0.717, 1.165) is 25.9 Å². The molecule has 1 atom stereocenters. The third-order valence-electron chi connectivity index (χ3n) is 6.20. The van der Waals surface area contributed by atoms with Gasteiger partial charge in [0.25, 0.3) is 5.56 Å². The van der Waals surface area contributed by atoms with Crippen molar-refractivity contribution in [3.63, 3.8) is 0 Å². The molecule has 1 aromatic carbocycles. The van der Waals surface area contributed by atoms with Crippen molar-refractivity contribution < 1.29 is 12.9 Å². The number of aromatic nitrogens is 3. The van der Waals surface area contributed by atoms with Crippen LogP contribution in [0.3, 0.4) is 0 Å². The summed E-state index contributed by atoms with van der Waals surface area (Å²) in [6, 6.07) is 8.37. The fourth-order valence-corrected chi connectivity index (χ4v) is 5.72. The molecule has 0 amide bonds. The van der Waals surface area contributed by atoms with Gasteiger partial charge < -0.3 is 4.52 Å². The molecule has 0 unspecified atom stereocenters. The van der Waals surface area contributed by atoms with Crippen LogP contribution in [0.25, 0.3) is 16.9 Å². The van der Waals surface area contributed by atoms with E-state index in [4.69, 9.17) is 4.52 Å². The van der Waals surface area contributed by atoms with Crippen molar-refractivity contribution in [2.45, 2.75) is 51.5 Å². The van der Waals surface area contributed by atoms with E-state index in [-0.39, 0.29) is 16.5 Å². The number of aryl methyl sites for hydroxylation is 3. The van der Waals surface area contributed by atoms with Crippen LogP contribution in [0, 0.1) is 20.8 Å². The van der Waals surface area contributed by atoms with Crippen LogP contribution < -0.4 is 10.3 Å². The summed E-state index contributed by atoms with van der Waals surface area (Å²) in [5.41, 5.74) is 2.41. The summed E-state index contributed by atoms with van der Waals surface area (Å²) in [7, 11) is -3.71. The molecule has 2 aromatic heterocycles. The van der Waals surface area contributed by atoms with Gasteiger partial charge in [0, 0.05) is 24.2 Å². The Labute approximate surface area is 193 Å². The van der Waals surface area contributed by atoms with Crippen molar-refractivity contribution in [1.82, 2.24) is 24.6 Å². The Bertz CT molecular complexity index is 1310. The van der Waals surface area contributed by atoms with E-state index in [9.17, 15) is 13.2 Å². The Morgan fingerprint density at radius 2 is 1.97 bits per heavy atom. The average molecular weight is 472 g/mol. The van der Waals surface area contributed by atoms with Crippen LogP contribution in [0.1, 0.15) is 36.8 Å². The third-order valence-corrected chi connectivity index (χ3v) is 7.76. The van der Waals surface area contributed by atoms with E-state index in [1.54, 1.807) is 45.0 Å². The molecule has 0 bridgehead atoms. The number of rotatable bonds is 7. The second kappa shape index (κ2) is 9.20. The van der Waals surface area contributed by atoms with E-state index in [1.807, 2.05) is 0 Å². The smallest absolute Gasteiger partial charge is 0.271 e. The molecule has 0 aliphatic carbocycles. The zero-order valence-electron chi connectivity index (χ0n) is 19.3. The van der Waals surface area contributed by atoms with Crippen LogP contribution in [-0.4, -0.2) is 53.9 Å². The second-order valence-electron chi connectivity index (χ2n) is 8.40. The first-order valence-electron chi connectivity index (χ1n) is 11.1. The van der Waals surface area contributed by atoms with Crippen LogP contribution in [-0.2, 0) is 10.0 Å². The number of likely N-dealkylation sites (tertiary alicyclic amines) is 1. The highest BCUT2D eigenvalue weighted by Crippen LogP contribution is 2.25. The van der Waals surface area contributed by atoms with E-state index in [0.29, 0.717) is 40.5 Å². The minimum absolute atomic E-state index is 0.206. The third kappa shape index (κ3) is 4.64. The molecule has 1 N–H and O–H groups in total. The minimum atomic E-state index is -3.71. The van der Waals surface area contributed by atoms with Crippen LogP contribution in [0.15, 0.2) is 44.5 Å². The van der Waals surface area contributed by atoms with Gasteiger partial charge in [0.15, 0.2) is 5.76 Å². The van der Waals surface area contributed by atoms with Gasteiger partial charge in [-0.2, -0.15) is 9.78 Å². The quantitative estimate of drug-likeness (QED) is 0.564. The topological polar surface area (TPSA) is 110 Å². The number of hydrogen-bond donors (Lipinski definition) is 1. The summed E-state index contributed by atoms with van der Waals surface area (Å²) in [5, 5.41) is 8.36. The molecular formula is C23H29N5O4S. The normalized spacial score (nSPS) is 17.0. The van der Waals surface area contributed by atoms with E-state index in [1.165, 1.54) is 10.7 Å². The van der Waals surface area contributed by atoms with Gasteiger partial charge in [0.2, 0.25) is 10.0 Å². The lowest BCUT2D eigenvalue weighted by Gasteiger charge is -2.23. The van der Waals surface area contributed by atoms with Gasteiger partial charge in [0.05, 0.1) is 10.6 Å². The van der Waals surface area contributed by atoms with Crippen molar-refractivity contribution in [3.8, 4) is 16.9 Å². The SMILES string of the molecule is CCN1CCC[C@H]1CNS(=O)(=O)c1cc(-c2ccc(=O)n(-c3c(C)noc3C)n2)ccc1C. The monoisotopic (exact) mass is 471 g/mol. The number of nitrogens with one attached hydrogen (secondary N) is 1. The molecular weight excluding hydrogens is 442 g/mol. The Kier molecular flexibility index (Phi) is 6.51. The van der Waals surface area contributed by atoms with E-state index >= 15 is 0 Å². The van der Waals surface area contributed by atoms with Crippen molar-refractivity contribution >= 4 is 10.0 Å². The number of likely N-dealkylation sites (N-methyl/N-ethyl adjacent to an activating group) is 1. The molecule has 3 heterocycles. The van der Waals surface area contributed by atoms with Gasteiger partial charge in [-0.3, -0.25) is 9.69 Å². The number of nitrogens with zero attached hydrogens (tertiary/aromatic N) is 4. The Morgan fingerprint density at radius 3 is 2.67 bits per heavy atom. The summed E-state index contributed by atoms with van der Waals surface area (Å²) in [4.78, 5) is 15.0. The van der Waals surface area contributed by atoms with Crippen molar-refractivity contribution in [2.75, 3.05) is 19.6 Å². The first-order chi connectivity index (χ1) is 15.7. The average Bonchev–Trinajstić information content (AvgIpc) is 3.39. The molecule has 176 valence electrons. The molecule has 10 heteroatoms. The number of benzene rings is 1. The number of sulfonamides is 1. The molecule has 3 aromatic rings. The molecule has 0 saturated carbocycles. The van der Waals surface area contributed by atoms with Crippen LogP contribution >= 0.6 is 0 Å². The first kappa shape index (κ1) is 23.3. The van der Waals surface area contributed by atoms with Gasteiger partial charge >= 0.3 is 0 Å². The predicted octanol–water partition coefficient (Wildman–Crippen LogP) is 2.58. The maximum absolute atomic E-state index is 13.2. The Morgan fingerprint density at radius 1 is 1.18 bits per heavy atom. The maximum atomic E-state index is 13.2. The molecule has 9 nitrogen and oxygen atoms in total. The van der Waals surface area contributed by atoms with Gasteiger partial charge in [-0.15, -0.1) is 0 Å². The zero-order chi connectivity index (χ0) is 23.8. The molecule has 1 fully saturated rings. The summed E-state index contributed by atoms with van der Waals surface area (Å²) in [5.74, 6) is 0.476. The zero-order valence-corrected chi connectivity index (χ0v) is 20.1. The highest BCUT2D eigenvalue weighted by molar-refractivity contribution is 7.89. The van der Waals surface area contributed by atoms with Gasteiger partial charge in [0.1, 0.15) is 11.4 Å². The second-order valence-corrected chi connectivity index (χ2v) is 10.1. The summed E-state index contributed by atoms with van der Waals surface area (Å²) >= 11 is 0. The Hall–Kier alpha value is -2.82. The Balaban J connectivity index is 1.66. The van der Waals surface area contributed by atoms with Crippen molar-refractivity contribution in [3.05, 3.63) is 57.7 Å². The molecule has 0 spiro atoms. The highest BCUT2D eigenvalue weighted by Gasteiger charge is 2.26. The maximum Gasteiger partial charge on any atom is 0.271 e. The fourth-order valence-electron chi connectivity index (χ4n) is 4.38. The molecule has 1 aliphatic heterocycles. The van der Waals surface area contributed by atoms with Crippen LogP contribution in [0.2, 0.25) is 0 Å². The lowest BCUT2D eigenvalue weighted by molar-refractivity contribution is 0.268. The molecule has 1 aliphatic rings.